The van der Waals surface area contributed by atoms with Gasteiger partial charge in [-0.05, 0) is 0 Å². The van der Waals surface area contributed by atoms with Gasteiger partial charge in [0.2, 0.25) is 0 Å². The first-order valence-electron chi connectivity index (χ1n) is 5.83. The van der Waals surface area contributed by atoms with E-state index >= 15 is 0 Å². The quantitative estimate of drug-likeness (QED) is 0.812. The van der Waals surface area contributed by atoms with E-state index in [0.29, 0.717) is 22.8 Å². The molecule has 0 aliphatic rings. The summed E-state index contributed by atoms with van der Waals surface area (Å²) in [5, 5.41) is -0.364. The van der Waals surface area contributed by atoms with Crippen LogP contribution in [-0.4, -0.2) is 9.55 Å². The van der Waals surface area contributed by atoms with Crippen molar-refractivity contribution in [2.75, 3.05) is 0 Å². The molecule has 1 aromatic carbocycles. The summed E-state index contributed by atoms with van der Waals surface area (Å²) in [5.74, 6) is 0.203. The number of aryl methyl sites for hydroxylation is 1. The summed E-state index contributed by atoms with van der Waals surface area (Å²) in [4.78, 5) is 3.66. The van der Waals surface area contributed by atoms with Crippen LogP contribution in [0.25, 0.3) is 11.4 Å². The molecule has 20 heavy (non-hydrogen) atoms. The lowest BCUT2D eigenvalue weighted by molar-refractivity contribution is -0.140. The minimum Gasteiger partial charge on any atom is -0.333 e. The van der Waals surface area contributed by atoms with Crippen molar-refractivity contribution in [3.63, 3.8) is 0 Å². The summed E-state index contributed by atoms with van der Waals surface area (Å²) in [6.45, 7) is 1.71. The minimum absolute atomic E-state index is 0.203. The molecule has 0 aliphatic heterocycles. The van der Waals surface area contributed by atoms with Gasteiger partial charge < -0.3 is 4.57 Å². The molecule has 1 heterocycles. The van der Waals surface area contributed by atoms with Crippen molar-refractivity contribution < 1.29 is 17.4 Å². The molecule has 0 saturated carbocycles. The van der Waals surface area contributed by atoms with Crippen LogP contribution in [0, 0.1) is 0 Å². The fourth-order valence-corrected chi connectivity index (χ4v) is 2.27. The highest BCUT2D eigenvalue weighted by atomic mass is 32.1. The molecule has 106 valence electrons. The molecule has 0 radical (unpaired) electrons. The zero-order valence-corrected chi connectivity index (χ0v) is 11.6. The Kier molecular flexibility index (Phi) is 3.89. The molecule has 1 atom stereocenters. The first-order valence-corrected chi connectivity index (χ1v) is 6.63. The van der Waals surface area contributed by atoms with Gasteiger partial charge in [-0.2, -0.15) is 13.2 Å². The molecule has 2 rings (SSSR count). The molecule has 0 bridgehead atoms. The zero-order valence-electron chi connectivity index (χ0n) is 10.8. The third-order valence-electron chi connectivity index (χ3n) is 2.95. The number of imidazole rings is 1. The van der Waals surface area contributed by atoms with E-state index in [0.717, 1.165) is 6.20 Å². The maximum Gasteiger partial charge on any atom is 0.466 e. The number of benzene rings is 1. The summed E-state index contributed by atoms with van der Waals surface area (Å²) in [7, 11) is 1.50. The molecule has 0 fully saturated rings. The standard InChI is InChI=1S/C13H12F3N2OS/c1-8(20-19)9-5-3-4-6-10(9)12-17-11(7-18(12)2)13(14,15)16/h3-8H,1-2H3/q+1. The van der Waals surface area contributed by atoms with Crippen LogP contribution in [0.3, 0.4) is 0 Å². The van der Waals surface area contributed by atoms with Gasteiger partial charge in [-0.1, -0.05) is 24.3 Å². The Balaban J connectivity index is 2.58. The molecule has 0 saturated heterocycles. The smallest absolute Gasteiger partial charge is 0.333 e. The second-order valence-electron chi connectivity index (χ2n) is 4.38. The summed E-state index contributed by atoms with van der Waals surface area (Å²) in [5.41, 5.74) is 0.281. The highest BCUT2D eigenvalue weighted by Gasteiger charge is 2.35. The highest BCUT2D eigenvalue weighted by Crippen LogP contribution is 2.33. The van der Waals surface area contributed by atoms with Gasteiger partial charge in [-0.3, -0.25) is 0 Å². The normalized spacial score (nSPS) is 13.2. The predicted octanol–water partition coefficient (Wildman–Crippen LogP) is 3.60. The Labute approximate surface area is 117 Å². The molecule has 7 heteroatoms. The maximum atomic E-state index is 12.7. The summed E-state index contributed by atoms with van der Waals surface area (Å²) in [6, 6.07) is 6.86. The fraction of sp³-hybridized carbons (Fsp3) is 0.308. The molecular weight excluding hydrogens is 289 g/mol. The van der Waals surface area contributed by atoms with Crippen LogP contribution in [0.5, 0.6) is 0 Å². The molecule has 0 amide bonds. The summed E-state index contributed by atoms with van der Waals surface area (Å²) >= 11 is 0.396. The maximum absolute atomic E-state index is 12.7. The topological polar surface area (TPSA) is 34.9 Å². The number of alkyl halides is 3. The average Bonchev–Trinajstić information content (AvgIpc) is 2.80. The van der Waals surface area contributed by atoms with Crippen molar-refractivity contribution in [2.45, 2.75) is 18.3 Å². The second kappa shape index (κ2) is 5.32. The SMILES string of the molecule is CC([S+]=O)c1ccccc1-c1nc(C(F)(F)F)cn1C. The van der Waals surface area contributed by atoms with E-state index in [1.165, 1.54) is 11.6 Å². The van der Waals surface area contributed by atoms with Crippen molar-refractivity contribution in [1.29, 1.82) is 0 Å². The highest BCUT2D eigenvalue weighted by molar-refractivity contribution is 7.65. The molecule has 3 nitrogen and oxygen atoms in total. The lowest BCUT2D eigenvalue weighted by Gasteiger charge is -2.06. The van der Waals surface area contributed by atoms with E-state index in [1.807, 2.05) is 0 Å². The van der Waals surface area contributed by atoms with Crippen LogP contribution in [0.15, 0.2) is 30.5 Å². The Hall–Kier alpha value is -1.76. The number of aromatic nitrogens is 2. The first kappa shape index (κ1) is 14.6. The van der Waals surface area contributed by atoms with Crippen molar-refractivity contribution >= 4 is 11.7 Å². The molecular formula is C13H12F3N2OS+. The van der Waals surface area contributed by atoms with Crippen LogP contribution in [0.1, 0.15) is 23.4 Å². The van der Waals surface area contributed by atoms with Crippen molar-refractivity contribution in [2.24, 2.45) is 7.05 Å². The number of halogens is 3. The Bertz CT molecular complexity index is 637. The third kappa shape index (κ3) is 2.72. The van der Waals surface area contributed by atoms with E-state index in [4.69, 9.17) is 0 Å². The van der Waals surface area contributed by atoms with Gasteiger partial charge in [0.25, 0.3) is 5.25 Å². The van der Waals surface area contributed by atoms with E-state index in [9.17, 15) is 17.4 Å². The predicted molar refractivity (Wildman–Crippen MR) is 70.1 cm³/mol. The van der Waals surface area contributed by atoms with Gasteiger partial charge in [0.05, 0.1) is 0 Å². The van der Waals surface area contributed by atoms with Gasteiger partial charge in [0.1, 0.15) is 5.82 Å². The van der Waals surface area contributed by atoms with Gasteiger partial charge in [0, 0.05) is 35.5 Å². The van der Waals surface area contributed by atoms with Crippen LogP contribution in [0.2, 0.25) is 0 Å². The average molecular weight is 301 g/mol. The Morgan fingerprint density at radius 3 is 2.50 bits per heavy atom. The largest absolute Gasteiger partial charge is 0.466 e. The molecule has 1 unspecified atom stereocenters. The number of nitrogens with zero attached hydrogens (tertiary/aromatic N) is 2. The van der Waals surface area contributed by atoms with Crippen LogP contribution in [-0.2, 0) is 29.1 Å². The van der Waals surface area contributed by atoms with Crippen LogP contribution < -0.4 is 0 Å². The lowest BCUT2D eigenvalue weighted by atomic mass is 10.0. The summed E-state index contributed by atoms with van der Waals surface area (Å²) < 4.78 is 50.4. The molecule has 0 spiro atoms. The monoisotopic (exact) mass is 301 g/mol. The Morgan fingerprint density at radius 1 is 1.30 bits per heavy atom. The molecule has 0 aliphatic carbocycles. The van der Waals surface area contributed by atoms with Gasteiger partial charge in [-0.15, -0.1) is 0 Å². The lowest BCUT2D eigenvalue weighted by Crippen LogP contribution is -2.05. The number of hydrogen-bond acceptors (Lipinski definition) is 2. The number of hydrogen-bond donors (Lipinski definition) is 0. The Morgan fingerprint density at radius 2 is 1.95 bits per heavy atom. The number of rotatable bonds is 3. The van der Waals surface area contributed by atoms with Gasteiger partial charge in [0.15, 0.2) is 5.69 Å². The second-order valence-corrected chi connectivity index (χ2v) is 5.28. The minimum atomic E-state index is -4.48. The van der Waals surface area contributed by atoms with Crippen molar-refractivity contribution in [3.05, 3.63) is 41.7 Å². The van der Waals surface area contributed by atoms with Crippen LogP contribution >= 0.6 is 0 Å². The van der Waals surface area contributed by atoms with Gasteiger partial charge in [-0.25, -0.2) is 4.98 Å². The fourth-order valence-electron chi connectivity index (χ4n) is 1.96. The van der Waals surface area contributed by atoms with Crippen molar-refractivity contribution in [3.8, 4) is 11.4 Å². The molecule has 2 aromatic rings. The third-order valence-corrected chi connectivity index (χ3v) is 3.49. The molecule has 0 N–H and O–H groups in total. The van der Waals surface area contributed by atoms with Crippen LogP contribution in [0.4, 0.5) is 13.2 Å². The van der Waals surface area contributed by atoms with Gasteiger partial charge >= 0.3 is 17.8 Å². The van der Waals surface area contributed by atoms with E-state index in [1.54, 1.807) is 31.2 Å². The molecule has 1 aromatic heterocycles. The first-order chi connectivity index (χ1) is 9.34. The van der Waals surface area contributed by atoms with E-state index in [-0.39, 0.29) is 11.1 Å². The van der Waals surface area contributed by atoms with E-state index in [2.05, 4.69) is 4.98 Å². The van der Waals surface area contributed by atoms with Crippen molar-refractivity contribution in [1.82, 2.24) is 9.55 Å². The summed E-state index contributed by atoms with van der Waals surface area (Å²) in [6.07, 6.45) is -3.54. The zero-order chi connectivity index (χ0) is 14.9. The van der Waals surface area contributed by atoms with E-state index < -0.39 is 11.9 Å².